The van der Waals surface area contributed by atoms with E-state index in [4.69, 9.17) is 14.7 Å². The Hall–Kier alpha value is -2.49. The van der Waals surface area contributed by atoms with Crippen LogP contribution in [0.5, 0.6) is 11.5 Å². The molecule has 0 bridgehead atoms. The minimum atomic E-state index is 0.455. The average Bonchev–Trinajstić information content (AvgIpc) is 2.47. The van der Waals surface area contributed by atoms with E-state index in [1.165, 1.54) is 11.8 Å². The number of benzene rings is 2. The normalized spacial score (nSPS) is 10.7. The van der Waals surface area contributed by atoms with Gasteiger partial charge < -0.3 is 14.7 Å². The second kappa shape index (κ2) is 6.61. The van der Waals surface area contributed by atoms with Gasteiger partial charge in [-0.1, -0.05) is 35.0 Å². The van der Waals surface area contributed by atoms with Crippen molar-refractivity contribution >= 4 is 6.21 Å². The van der Waals surface area contributed by atoms with Crippen LogP contribution in [0.2, 0.25) is 0 Å². The predicted octanol–water partition coefficient (Wildman–Crippen LogP) is 3.39. The summed E-state index contributed by atoms with van der Waals surface area (Å²) in [6.45, 7) is 2.50. The molecule has 0 amide bonds. The molecule has 0 radical (unpaired) electrons. The first kappa shape index (κ1) is 13.9. The Labute approximate surface area is 118 Å². The molecule has 2 aromatic rings. The summed E-state index contributed by atoms with van der Waals surface area (Å²) in [5.41, 5.74) is 3.04. The molecule has 2 aromatic carbocycles. The third kappa shape index (κ3) is 3.51. The highest BCUT2D eigenvalue weighted by molar-refractivity contribution is 5.80. The van der Waals surface area contributed by atoms with Gasteiger partial charge in [-0.25, -0.2) is 0 Å². The van der Waals surface area contributed by atoms with E-state index in [1.54, 1.807) is 25.3 Å². The summed E-state index contributed by atoms with van der Waals surface area (Å²) in [6, 6.07) is 13.5. The number of oxime groups is 1. The zero-order valence-electron chi connectivity index (χ0n) is 11.5. The van der Waals surface area contributed by atoms with Crippen molar-refractivity contribution < 1.29 is 14.7 Å². The molecule has 0 heterocycles. The summed E-state index contributed by atoms with van der Waals surface area (Å²) < 4.78 is 11.0. The first-order chi connectivity index (χ1) is 9.72. The van der Waals surface area contributed by atoms with Gasteiger partial charge in [0, 0.05) is 5.56 Å². The minimum Gasteiger partial charge on any atom is -0.493 e. The van der Waals surface area contributed by atoms with Gasteiger partial charge in [0.2, 0.25) is 0 Å². The number of aryl methyl sites for hydroxylation is 1. The molecule has 2 rings (SSSR count). The first-order valence-corrected chi connectivity index (χ1v) is 6.27. The van der Waals surface area contributed by atoms with Gasteiger partial charge in [0.05, 0.1) is 13.3 Å². The maximum atomic E-state index is 8.57. The number of nitrogens with zero attached hydrogens (tertiary/aromatic N) is 1. The highest BCUT2D eigenvalue weighted by Crippen LogP contribution is 2.28. The van der Waals surface area contributed by atoms with E-state index in [-0.39, 0.29) is 0 Å². The molecule has 0 aliphatic heterocycles. The summed E-state index contributed by atoms with van der Waals surface area (Å²) in [5, 5.41) is 11.6. The van der Waals surface area contributed by atoms with E-state index >= 15 is 0 Å². The van der Waals surface area contributed by atoms with Gasteiger partial charge in [-0.3, -0.25) is 0 Å². The van der Waals surface area contributed by atoms with Crippen molar-refractivity contribution in [2.75, 3.05) is 7.11 Å². The van der Waals surface area contributed by atoms with E-state index in [9.17, 15) is 0 Å². The topological polar surface area (TPSA) is 51.0 Å². The van der Waals surface area contributed by atoms with Crippen LogP contribution >= 0.6 is 0 Å². The van der Waals surface area contributed by atoms with Crippen molar-refractivity contribution in [1.82, 2.24) is 0 Å². The summed E-state index contributed by atoms with van der Waals surface area (Å²) in [7, 11) is 1.59. The van der Waals surface area contributed by atoms with Crippen LogP contribution in [-0.4, -0.2) is 18.5 Å². The Kier molecular flexibility index (Phi) is 4.60. The minimum absolute atomic E-state index is 0.455. The molecule has 4 nitrogen and oxygen atoms in total. The molecule has 0 aliphatic carbocycles. The van der Waals surface area contributed by atoms with Crippen LogP contribution in [0.1, 0.15) is 16.7 Å². The number of rotatable bonds is 5. The van der Waals surface area contributed by atoms with Crippen LogP contribution in [0.3, 0.4) is 0 Å². The van der Waals surface area contributed by atoms with Gasteiger partial charge >= 0.3 is 0 Å². The summed E-state index contributed by atoms with van der Waals surface area (Å²) in [4.78, 5) is 0. The van der Waals surface area contributed by atoms with Crippen molar-refractivity contribution in [1.29, 1.82) is 0 Å². The lowest BCUT2D eigenvalue weighted by Crippen LogP contribution is -1.98. The zero-order chi connectivity index (χ0) is 14.4. The summed E-state index contributed by atoms with van der Waals surface area (Å²) in [5.74, 6) is 1.26. The lowest BCUT2D eigenvalue weighted by Gasteiger charge is -2.11. The number of ether oxygens (including phenoxy) is 2. The van der Waals surface area contributed by atoms with Crippen LogP contribution < -0.4 is 9.47 Å². The van der Waals surface area contributed by atoms with Gasteiger partial charge in [-0.15, -0.1) is 0 Å². The van der Waals surface area contributed by atoms with Crippen molar-refractivity contribution in [3.8, 4) is 11.5 Å². The Morgan fingerprint density at radius 1 is 1.10 bits per heavy atom. The van der Waals surface area contributed by atoms with Crippen molar-refractivity contribution in [3.05, 3.63) is 59.2 Å². The fraction of sp³-hybridized carbons (Fsp3) is 0.188. The van der Waals surface area contributed by atoms with E-state index < -0.39 is 0 Å². The van der Waals surface area contributed by atoms with Crippen molar-refractivity contribution in [2.45, 2.75) is 13.5 Å². The van der Waals surface area contributed by atoms with E-state index in [0.29, 0.717) is 18.1 Å². The van der Waals surface area contributed by atoms with E-state index in [0.717, 1.165) is 11.1 Å². The fourth-order valence-corrected chi connectivity index (χ4v) is 1.80. The summed E-state index contributed by atoms with van der Waals surface area (Å²) >= 11 is 0. The third-order valence-corrected chi connectivity index (χ3v) is 2.91. The van der Waals surface area contributed by atoms with Gasteiger partial charge in [0.1, 0.15) is 6.61 Å². The SMILES string of the molecule is COc1ccc(/C=N/O)cc1OCc1ccc(C)cc1. The van der Waals surface area contributed by atoms with Crippen molar-refractivity contribution in [2.24, 2.45) is 5.16 Å². The molecule has 0 atom stereocenters. The number of methoxy groups -OCH3 is 1. The molecular weight excluding hydrogens is 254 g/mol. The van der Waals surface area contributed by atoms with Gasteiger partial charge in [0.15, 0.2) is 11.5 Å². The first-order valence-electron chi connectivity index (χ1n) is 6.27. The molecule has 0 fully saturated rings. The Balaban J connectivity index is 2.14. The Morgan fingerprint density at radius 2 is 1.85 bits per heavy atom. The smallest absolute Gasteiger partial charge is 0.162 e. The van der Waals surface area contributed by atoms with Crippen LogP contribution in [0.25, 0.3) is 0 Å². The zero-order valence-corrected chi connectivity index (χ0v) is 11.5. The lowest BCUT2D eigenvalue weighted by atomic mass is 10.1. The lowest BCUT2D eigenvalue weighted by molar-refractivity contribution is 0.284. The molecule has 1 N–H and O–H groups in total. The van der Waals surface area contributed by atoms with Crippen LogP contribution in [0.4, 0.5) is 0 Å². The largest absolute Gasteiger partial charge is 0.493 e. The maximum Gasteiger partial charge on any atom is 0.162 e. The molecule has 104 valence electrons. The quantitative estimate of drug-likeness (QED) is 0.515. The monoisotopic (exact) mass is 271 g/mol. The molecule has 0 saturated heterocycles. The van der Waals surface area contributed by atoms with Crippen LogP contribution in [0, 0.1) is 6.92 Å². The predicted molar refractivity (Wildman–Crippen MR) is 77.9 cm³/mol. The van der Waals surface area contributed by atoms with E-state index in [1.807, 2.05) is 31.2 Å². The van der Waals surface area contributed by atoms with Crippen molar-refractivity contribution in [3.63, 3.8) is 0 Å². The highest BCUT2D eigenvalue weighted by atomic mass is 16.5. The molecule has 0 aliphatic rings. The van der Waals surface area contributed by atoms with Gasteiger partial charge in [0.25, 0.3) is 0 Å². The molecule has 0 unspecified atom stereocenters. The highest BCUT2D eigenvalue weighted by Gasteiger charge is 2.05. The number of hydrogen-bond donors (Lipinski definition) is 1. The second-order valence-corrected chi connectivity index (χ2v) is 4.43. The second-order valence-electron chi connectivity index (χ2n) is 4.43. The van der Waals surface area contributed by atoms with Gasteiger partial charge in [-0.2, -0.15) is 0 Å². The van der Waals surface area contributed by atoms with Gasteiger partial charge in [-0.05, 0) is 30.7 Å². The van der Waals surface area contributed by atoms with E-state index in [2.05, 4.69) is 5.16 Å². The maximum absolute atomic E-state index is 8.57. The fourth-order valence-electron chi connectivity index (χ4n) is 1.80. The van der Waals surface area contributed by atoms with Crippen LogP contribution in [0.15, 0.2) is 47.6 Å². The Morgan fingerprint density at radius 3 is 2.50 bits per heavy atom. The standard InChI is InChI=1S/C16H17NO3/c1-12-3-5-13(6-4-12)11-20-16-9-14(10-17-18)7-8-15(16)19-2/h3-10,18H,11H2,1-2H3/b17-10+. The summed E-state index contributed by atoms with van der Waals surface area (Å²) in [6.07, 6.45) is 1.35. The molecule has 4 heteroatoms. The third-order valence-electron chi connectivity index (χ3n) is 2.91. The molecule has 0 saturated carbocycles. The molecular formula is C16H17NO3. The Bertz CT molecular complexity index is 591. The average molecular weight is 271 g/mol. The molecule has 0 spiro atoms. The number of hydrogen-bond acceptors (Lipinski definition) is 4. The molecule has 0 aromatic heterocycles. The molecule has 20 heavy (non-hydrogen) atoms. The van der Waals surface area contributed by atoms with Crippen LogP contribution in [-0.2, 0) is 6.61 Å².